The molecule has 0 aromatic heterocycles. The van der Waals surface area contributed by atoms with E-state index in [2.05, 4.69) is 26.6 Å². The highest BCUT2D eigenvalue weighted by Gasteiger charge is 2.24. The van der Waals surface area contributed by atoms with Gasteiger partial charge in [0.25, 0.3) is 0 Å². The summed E-state index contributed by atoms with van der Waals surface area (Å²) in [6.45, 7) is 4.21. The number of allylic oxidation sites excluding steroid dienone is 1. The van der Waals surface area contributed by atoms with Crippen molar-refractivity contribution in [1.82, 2.24) is 0 Å². The Morgan fingerprint density at radius 1 is 1.17 bits per heavy atom. The van der Waals surface area contributed by atoms with E-state index >= 15 is 0 Å². The van der Waals surface area contributed by atoms with Gasteiger partial charge in [-0.05, 0) is 37.6 Å². The fourth-order valence-electron chi connectivity index (χ4n) is 2.44. The first-order valence-electron chi connectivity index (χ1n) is 9.02. The molecule has 156 valence electrons. The molecule has 0 saturated heterocycles. The third kappa shape index (κ3) is 7.81. The number of nitrogens with one attached hydrogen (secondary N) is 2. The lowest BCUT2D eigenvalue weighted by molar-refractivity contribution is -0.124. The first-order chi connectivity index (χ1) is 13.7. The van der Waals surface area contributed by atoms with Gasteiger partial charge < -0.3 is 15.4 Å². The molecular formula is C21H22BrF3N2O2. The van der Waals surface area contributed by atoms with Crippen LogP contribution in [0.4, 0.5) is 29.3 Å². The Morgan fingerprint density at radius 3 is 2.48 bits per heavy atom. The molecule has 0 bridgehead atoms. The second-order valence-electron chi connectivity index (χ2n) is 6.39. The molecule has 2 amide bonds. The molecule has 2 rings (SSSR count). The van der Waals surface area contributed by atoms with Crippen molar-refractivity contribution >= 4 is 39.4 Å². The van der Waals surface area contributed by atoms with Gasteiger partial charge in [-0.2, -0.15) is 13.2 Å². The van der Waals surface area contributed by atoms with Crippen molar-refractivity contribution in [2.24, 2.45) is 0 Å². The molecule has 4 nitrogen and oxygen atoms in total. The number of aryl methyl sites for hydroxylation is 1. The van der Waals surface area contributed by atoms with E-state index in [1.165, 1.54) is 6.08 Å². The number of anilines is 2. The van der Waals surface area contributed by atoms with E-state index in [0.717, 1.165) is 11.6 Å². The number of ether oxygens (including phenoxy) is 1. The number of benzene rings is 2. The van der Waals surface area contributed by atoms with Crippen LogP contribution < -0.4 is 15.4 Å². The summed E-state index contributed by atoms with van der Waals surface area (Å²) in [5.74, 6) is 0.313. The van der Waals surface area contributed by atoms with Crippen LogP contribution in [0.5, 0.6) is 5.75 Å². The lowest BCUT2D eigenvalue weighted by Crippen LogP contribution is -2.20. The summed E-state index contributed by atoms with van der Waals surface area (Å²) in [6, 6.07) is 10.1. The van der Waals surface area contributed by atoms with Crippen molar-refractivity contribution in [1.29, 1.82) is 0 Å². The molecule has 0 radical (unpaired) electrons. The lowest BCUT2D eigenvalue weighted by atomic mass is 10.1. The van der Waals surface area contributed by atoms with E-state index in [4.69, 9.17) is 4.74 Å². The number of urea groups is 1. The minimum Gasteiger partial charge on any atom is -0.491 e. The predicted octanol–water partition coefficient (Wildman–Crippen LogP) is 7.16. The number of hydrogen-bond acceptors (Lipinski definition) is 2. The largest absolute Gasteiger partial charge is 0.491 e. The third-order valence-corrected chi connectivity index (χ3v) is 4.20. The Balaban J connectivity index is 2.26. The Bertz CT molecular complexity index is 865. The summed E-state index contributed by atoms with van der Waals surface area (Å²) in [5, 5.41) is 5.42. The van der Waals surface area contributed by atoms with Crippen LogP contribution in [0, 0.1) is 6.92 Å². The van der Waals surface area contributed by atoms with Crippen molar-refractivity contribution in [3.05, 3.63) is 58.1 Å². The summed E-state index contributed by atoms with van der Waals surface area (Å²) in [6.07, 6.45) is -2.27. The molecule has 0 unspecified atom stereocenters. The molecule has 0 saturated carbocycles. The highest BCUT2D eigenvalue weighted by Crippen LogP contribution is 2.35. The van der Waals surface area contributed by atoms with Crippen molar-refractivity contribution in [3.63, 3.8) is 0 Å². The van der Waals surface area contributed by atoms with Gasteiger partial charge in [0.1, 0.15) is 5.75 Å². The van der Waals surface area contributed by atoms with Crippen molar-refractivity contribution in [2.75, 3.05) is 17.2 Å². The number of rotatable bonds is 7. The summed E-state index contributed by atoms with van der Waals surface area (Å²) >= 11 is 3.33. The maximum atomic E-state index is 12.5. The maximum absolute atomic E-state index is 12.5. The second-order valence-corrected chi connectivity index (χ2v) is 7.30. The van der Waals surface area contributed by atoms with Crippen LogP contribution in [0.3, 0.4) is 0 Å². The van der Waals surface area contributed by atoms with Crippen LogP contribution in [0.2, 0.25) is 0 Å². The van der Waals surface area contributed by atoms with Crippen molar-refractivity contribution in [2.45, 2.75) is 32.9 Å². The highest BCUT2D eigenvalue weighted by atomic mass is 79.9. The monoisotopic (exact) mass is 470 g/mol. The average Bonchev–Trinajstić information content (AvgIpc) is 2.62. The Morgan fingerprint density at radius 2 is 1.86 bits per heavy atom. The zero-order valence-corrected chi connectivity index (χ0v) is 17.7. The van der Waals surface area contributed by atoms with Crippen LogP contribution in [0.25, 0.3) is 6.08 Å². The third-order valence-electron chi connectivity index (χ3n) is 3.74. The standard InChI is InChI=1S/C21H22BrF3N2O2/c1-3-11-29-19-15(5-4-10-21(23,24)25)12-16(22)13-18(19)27-20(28)26-17-8-6-14(2)7-9-17/h4-9,12-13H,3,10-11H2,1-2H3,(H2,26,27,28). The fraction of sp³-hybridized carbons (Fsp3) is 0.286. The van der Waals surface area contributed by atoms with Crippen LogP contribution >= 0.6 is 15.9 Å². The molecule has 2 aromatic carbocycles. The van der Waals surface area contributed by atoms with Gasteiger partial charge in [0, 0.05) is 15.7 Å². The topological polar surface area (TPSA) is 50.4 Å². The summed E-state index contributed by atoms with van der Waals surface area (Å²) in [7, 11) is 0. The molecule has 0 atom stereocenters. The number of alkyl halides is 3. The summed E-state index contributed by atoms with van der Waals surface area (Å²) < 4.78 is 43.7. The van der Waals surface area contributed by atoms with Gasteiger partial charge in [0.2, 0.25) is 0 Å². The van der Waals surface area contributed by atoms with Crippen LogP contribution in [-0.2, 0) is 0 Å². The van der Waals surface area contributed by atoms with Gasteiger partial charge in [-0.15, -0.1) is 0 Å². The van der Waals surface area contributed by atoms with Gasteiger partial charge in [-0.25, -0.2) is 4.79 Å². The second kappa shape index (κ2) is 10.3. The van der Waals surface area contributed by atoms with E-state index in [1.807, 2.05) is 26.0 Å². The normalized spacial score (nSPS) is 11.5. The van der Waals surface area contributed by atoms with E-state index in [1.54, 1.807) is 24.3 Å². The first-order valence-corrected chi connectivity index (χ1v) is 9.81. The summed E-state index contributed by atoms with van der Waals surface area (Å²) in [4.78, 5) is 12.4. The number of carbonyl (C=O) groups is 1. The molecule has 0 aliphatic heterocycles. The molecular weight excluding hydrogens is 449 g/mol. The molecule has 0 heterocycles. The van der Waals surface area contributed by atoms with Gasteiger partial charge in [0.15, 0.2) is 0 Å². The van der Waals surface area contributed by atoms with E-state index in [0.29, 0.717) is 40.2 Å². The molecule has 0 fully saturated rings. The van der Waals surface area contributed by atoms with Crippen LogP contribution in [-0.4, -0.2) is 18.8 Å². The number of amides is 2. The number of carbonyl (C=O) groups excluding carboxylic acids is 1. The Labute approximate surface area is 176 Å². The smallest absolute Gasteiger partial charge is 0.392 e. The van der Waals surface area contributed by atoms with Crippen LogP contribution in [0.15, 0.2) is 46.9 Å². The fourth-order valence-corrected chi connectivity index (χ4v) is 2.91. The average molecular weight is 471 g/mol. The lowest BCUT2D eigenvalue weighted by Gasteiger charge is -2.16. The molecule has 0 aliphatic carbocycles. The van der Waals surface area contributed by atoms with Crippen LogP contribution in [0.1, 0.15) is 30.9 Å². The van der Waals surface area contributed by atoms with E-state index in [9.17, 15) is 18.0 Å². The molecule has 2 N–H and O–H groups in total. The highest BCUT2D eigenvalue weighted by molar-refractivity contribution is 9.10. The molecule has 2 aromatic rings. The van der Waals surface area contributed by atoms with Gasteiger partial charge in [-0.1, -0.05) is 52.7 Å². The number of halogens is 4. The van der Waals surface area contributed by atoms with Gasteiger partial charge >= 0.3 is 12.2 Å². The van der Waals surface area contributed by atoms with Crippen molar-refractivity contribution in [3.8, 4) is 5.75 Å². The Hall–Kier alpha value is -2.48. The summed E-state index contributed by atoms with van der Waals surface area (Å²) in [5.41, 5.74) is 2.46. The van der Waals surface area contributed by atoms with E-state index < -0.39 is 18.6 Å². The minimum absolute atomic E-state index is 0.313. The first kappa shape index (κ1) is 22.8. The molecule has 8 heteroatoms. The molecule has 0 aliphatic rings. The molecule has 29 heavy (non-hydrogen) atoms. The predicted molar refractivity (Wildman–Crippen MR) is 113 cm³/mol. The van der Waals surface area contributed by atoms with Crippen molar-refractivity contribution < 1.29 is 22.7 Å². The Kier molecular flexibility index (Phi) is 8.13. The van der Waals surface area contributed by atoms with E-state index in [-0.39, 0.29) is 0 Å². The molecule has 0 spiro atoms. The minimum atomic E-state index is -4.29. The maximum Gasteiger partial charge on any atom is 0.392 e. The SMILES string of the molecule is CCCOc1c(C=CCC(F)(F)F)cc(Br)cc1NC(=O)Nc1ccc(C)cc1. The zero-order valence-electron chi connectivity index (χ0n) is 16.1. The number of hydrogen-bond donors (Lipinski definition) is 2. The van der Waals surface area contributed by atoms with Gasteiger partial charge in [0.05, 0.1) is 18.7 Å². The quantitative estimate of drug-likeness (QED) is 0.451. The zero-order chi connectivity index (χ0) is 21.4. The van der Waals surface area contributed by atoms with Gasteiger partial charge in [-0.3, -0.25) is 0 Å².